The largest absolute Gasteiger partial charge is 0.497 e. The van der Waals surface area contributed by atoms with Crippen molar-refractivity contribution in [3.63, 3.8) is 0 Å². The van der Waals surface area contributed by atoms with E-state index in [1.807, 2.05) is 90.3 Å². The number of carbonyl (C=O) groups excluding carboxylic acids is 1. The lowest BCUT2D eigenvalue weighted by molar-refractivity contribution is -0.139. The van der Waals surface area contributed by atoms with Gasteiger partial charge in [-0.2, -0.15) is 0 Å². The highest BCUT2D eigenvalue weighted by molar-refractivity contribution is 5.82. The van der Waals surface area contributed by atoms with E-state index in [4.69, 9.17) is 14.5 Å². The minimum atomic E-state index is -1.24. The number of alkyl carbamates (subject to hydrolysis) is 1. The first-order valence-corrected chi connectivity index (χ1v) is 13.4. The zero-order chi connectivity index (χ0) is 28.5. The number of carbonyl (C=O) groups is 2. The molecule has 1 aliphatic rings. The topological polar surface area (TPSA) is 102 Å². The van der Waals surface area contributed by atoms with Gasteiger partial charge in [0.05, 0.1) is 18.5 Å². The Morgan fingerprint density at radius 3 is 2.37 bits per heavy atom. The number of benzene rings is 3. The SMILES string of the molecule is COc1cccc(-c2nc3cc(C)ccn3c2CC(NC(=O)OCC2c3ccccc3-c3ccccc32)C(=O)O)c1. The van der Waals surface area contributed by atoms with E-state index in [9.17, 15) is 14.7 Å². The maximum atomic E-state index is 13.0. The second-order valence-corrected chi connectivity index (χ2v) is 10.1. The third-order valence-electron chi connectivity index (χ3n) is 7.56. The first kappa shape index (κ1) is 26.1. The second-order valence-electron chi connectivity index (χ2n) is 10.1. The Morgan fingerprint density at radius 2 is 1.68 bits per heavy atom. The second kappa shape index (κ2) is 10.8. The Hall–Kier alpha value is -5.11. The number of ether oxygens (including phenoxy) is 2. The van der Waals surface area contributed by atoms with Crippen LogP contribution in [0.3, 0.4) is 0 Å². The summed E-state index contributed by atoms with van der Waals surface area (Å²) in [5.41, 5.74) is 8.17. The number of pyridine rings is 1. The van der Waals surface area contributed by atoms with Crippen molar-refractivity contribution in [3.8, 4) is 28.1 Å². The quantitative estimate of drug-likeness (QED) is 0.253. The summed E-state index contributed by atoms with van der Waals surface area (Å²) < 4.78 is 12.9. The molecule has 1 amide bonds. The number of amides is 1. The lowest BCUT2D eigenvalue weighted by atomic mass is 9.98. The fourth-order valence-corrected chi connectivity index (χ4v) is 5.57. The number of hydrogen-bond acceptors (Lipinski definition) is 5. The molecule has 0 radical (unpaired) electrons. The van der Waals surface area contributed by atoms with E-state index in [-0.39, 0.29) is 18.9 Å². The van der Waals surface area contributed by atoms with E-state index < -0.39 is 18.1 Å². The van der Waals surface area contributed by atoms with Crippen LogP contribution in [0.15, 0.2) is 91.1 Å². The molecule has 0 bridgehead atoms. The molecule has 0 fully saturated rings. The number of aromatic nitrogens is 2. The van der Waals surface area contributed by atoms with Gasteiger partial charge in [-0.1, -0.05) is 60.7 Å². The number of aryl methyl sites for hydroxylation is 1. The number of hydrogen-bond donors (Lipinski definition) is 2. The molecule has 2 heterocycles. The van der Waals surface area contributed by atoms with Crippen LogP contribution in [0.5, 0.6) is 5.75 Å². The van der Waals surface area contributed by atoms with E-state index in [2.05, 4.69) is 17.4 Å². The highest BCUT2D eigenvalue weighted by atomic mass is 16.5. The molecule has 6 rings (SSSR count). The van der Waals surface area contributed by atoms with Crippen LogP contribution >= 0.6 is 0 Å². The van der Waals surface area contributed by atoms with Gasteiger partial charge in [0.2, 0.25) is 0 Å². The predicted octanol–water partition coefficient (Wildman–Crippen LogP) is 5.85. The Labute approximate surface area is 237 Å². The Morgan fingerprint density at radius 1 is 0.976 bits per heavy atom. The first-order chi connectivity index (χ1) is 19.9. The standard InChI is InChI=1S/C33H29N3O5/c1-20-14-15-36-29(31(35-30(36)16-20)21-8-7-9-22(17-21)40-2)18-28(32(37)38)34-33(39)41-19-27-25-12-5-3-10-23(25)24-11-4-6-13-26(24)27/h3-17,27-28H,18-19H2,1-2H3,(H,34,39)(H,37,38). The van der Waals surface area contributed by atoms with Crippen LogP contribution in [0.4, 0.5) is 4.79 Å². The van der Waals surface area contributed by atoms with E-state index in [1.54, 1.807) is 7.11 Å². The average molecular weight is 548 g/mol. The Balaban J connectivity index is 1.24. The van der Waals surface area contributed by atoms with Crippen LogP contribution in [0, 0.1) is 6.92 Å². The van der Waals surface area contributed by atoms with Crippen molar-refractivity contribution in [2.45, 2.75) is 25.3 Å². The van der Waals surface area contributed by atoms with Gasteiger partial charge in [0.1, 0.15) is 24.0 Å². The molecule has 1 unspecified atom stereocenters. The summed E-state index contributed by atoms with van der Waals surface area (Å²) in [5.74, 6) is -0.636. The fraction of sp³-hybridized carbons (Fsp3) is 0.182. The molecule has 41 heavy (non-hydrogen) atoms. The average Bonchev–Trinajstić information content (AvgIpc) is 3.50. The van der Waals surface area contributed by atoms with Crippen LogP contribution < -0.4 is 10.1 Å². The number of nitrogens with zero attached hydrogens (tertiary/aromatic N) is 2. The van der Waals surface area contributed by atoms with Gasteiger partial charge >= 0.3 is 12.1 Å². The van der Waals surface area contributed by atoms with Gasteiger partial charge < -0.3 is 24.3 Å². The van der Waals surface area contributed by atoms with Gasteiger partial charge in [0.25, 0.3) is 0 Å². The summed E-state index contributed by atoms with van der Waals surface area (Å²) in [7, 11) is 1.59. The molecule has 0 saturated heterocycles. The van der Waals surface area contributed by atoms with E-state index >= 15 is 0 Å². The van der Waals surface area contributed by atoms with Crippen LogP contribution in [0.25, 0.3) is 28.0 Å². The summed E-state index contributed by atoms with van der Waals surface area (Å²) in [5, 5.41) is 12.7. The number of aliphatic carboxylic acids is 1. The molecule has 8 nitrogen and oxygen atoms in total. The van der Waals surface area contributed by atoms with Crippen molar-refractivity contribution in [1.82, 2.24) is 14.7 Å². The van der Waals surface area contributed by atoms with Crippen LogP contribution in [0.2, 0.25) is 0 Å². The molecule has 1 aliphatic carbocycles. The summed E-state index contributed by atoms with van der Waals surface area (Å²) in [4.78, 5) is 30.2. The highest BCUT2D eigenvalue weighted by Gasteiger charge is 2.30. The van der Waals surface area contributed by atoms with Gasteiger partial charge in [0.15, 0.2) is 0 Å². The van der Waals surface area contributed by atoms with Gasteiger partial charge in [-0.05, 0) is 59.0 Å². The normalized spacial score (nSPS) is 12.9. The molecule has 1 atom stereocenters. The highest BCUT2D eigenvalue weighted by Crippen LogP contribution is 2.44. The number of nitrogens with one attached hydrogen (secondary N) is 1. The molecular weight excluding hydrogens is 518 g/mol. The summed E-state index contributed by atoms with van der Waals surface area (Å²) in [6.07, 6.45) is 1.07. The predicted molar refractivity (Wildman–Crippen MR) is 155 cm³/mol. The number of imidazole rings is 1. The molecule has 0 aliphatic heterocycles. The van der Waals surface area contributed by atoms with Crippen molar-refractivity contribution in [1.29, 1.82) is 0 Å². The third kappa shape index (κ3) is 5.00. The van der Waals surface area contributed by atoms with Gasteiger partial charge in [-0.25, -0.2) is 14.6 Å². The van der Waals surface area contributed by atoms with Gasteiger partial charge in [-0.3, -0.25) is 0 Å². The first-order valence-electron chi connectivity index (χ1n) is 13.4. The Kier molecular flexibility index (Phi) is 6.89. The van der Waals surface area contributed by atoms with Crippen LogP contribution in [-0.2, 0) is 16.0 Å². The third-order valence-corrected chi connectivity index (χ3v) is 7.56. The van der Waals surface area contributed by atoms with Gasteiger partial charge in [0, 0.05) is 24.1 Å². The number of carboxylic acids is 1. The number of methoxy groups -OCH3 is 1. The summed E-state index contributed by atoms with van der Waals surface area (Å²) in [6, 6.07) is 26.2. The lowest BCUT2D eigenvalue weighted by Gasteiger charge is -2.18. The van der Waals surface area contributed by atoms with Crippen molar-refractivity contribution in [2.75, 3.05) is 13.7 Å². The molecular formula is C33H29N3O5. The summed E-state index contributed by atoms with van der Waals surface area (Å²) >= 11 is 0. The molecule has 5 aromatic rings. The molecule has 2 aromatic heterocycles. The molecule has 0 spiro atoms. The minimum absolute atomic E-state index is 0.00367. The number of carboxylic acid groups (broad SMARTS) is 1. The van der Waals surface area contributed by atoms with E-state index in [1.165, 1.54) is 0 Å². The molecule has 0 saturated carbocycles. The van der Waals surface area contributed by atoms with Crippen LogP contribution in [-0.4, -0.2) is 46.3 Å². The van der Waals surface area contributed by atoms with Crippen molar-refractivity contribution >= 4 is 17.7 Å². The van der Waals surface area contributed by atoms with Crippen molar-refractivity contribution < 1.29 is 24.2 Å². The molecule has 3 aromatic carbocycles. The van der Waals surface area contributed by atoms with Gasteiger partial charge in [-0.15, -0.1) is 0 Å². The van der Waals surface area contributed by atoms with Crippen molar-refractivity contribution in [3.05, 3.63) is 114 Å². The maximum Gasteiger partial charge on any atom is 0.407 e. The fourth-order valence-electron chi connectivity index (χ4n) is 5.57. The summed E-state index contributed by atoms with van der Waals surface area (Å²) in [6.45, 7) is 2.06. The number of rotatable bonds is 8. The monoisotopic (exact) mass is 547 g/mol. The molecule has 2 N–H and O–H groups in total. The number of fused-ring (bicyclic) bond motifs is 4. The minimum Gasteiger partial charge on any atom is -0.497 e. The Bertz CT molecular complexity index is 1730. The van der Waals surface area contributed by atoms with Crippen LogP contribution in [0.1, 0.15) is 28.3 Å². The smallest absolute Gasteiger partial charge is 0.407 e. The zero-order valence-electron chi connectivity index (χ0n) is 22.7. The van der Waals surface area contributed by atoms with E-state index in [0.717, 1.165) is 33.4 Å². The lowest BCUT2D eigenvalue weighted by Crippen LogP contribution is -2.43. The van der Waals surface area contributed by atoms with E-state index in [0.29, 0.717) is 22.8 Å². The maximum absolute atomic E-state index is 13.0. The molecule has 8 heteroatoms. The van der Waals surface area contributed by atoms with Crippen molar-refractivity contribution in [2.24, 2.45) is 0 Å². The molecule has 206 valence electrons. The zero-order valence-corrected chi connectivity index (χ0v) is 22.7.